The summed E-state index contributed by atoms with van der Waals surface area (Å²) in [5.41, 5.74) is -0.794. The predicted octanol–water partition coefficient (Wildman–Crippen LogP) is 1.41. The molecule has 1 unspecified atom stereocenters. The Balaban J connectivity index is 2.23. The molecule has 7 heteroatoms. The molecular formula is C15H16ClN3O3. The largest absolute Gasteiger partial charge is 0.351 e. The van der Waals surface area contributed by atoms with Gasteiger partial charge in [0, 0.05) is 17.1 Å². The molecule has 1 fully saturated rings. The lowest BCUT2D eigenvalue weighted by molar-refractivity contribution is -0.134. The summed E-state index contributed by atoms with van der Waals surface area (Å²) in [6.45, 7) is 4.96. The Labute approximate surface area is 133 Å². The fourth-order valence-corrected chi connectivity index (χ4v) is 2.60. The normalized spacial score (nSPS) is 20.7. The van der Waals surface area contributed by atoms with Gasteiger partial charge in [0.2, 0.25) is 5.91 Å². The van der Waals surface area contributed by atoms with Crippen LogP contribution >= 0.6 is 11.6 Å². The van der Waals surface area contributed by atoms with E-state index in [1.165, 1.54) is 6.08 Å². The van der Waals surface area contributed by atoms with Gasteiger partial charge in [-0.3, -0.25) is 14.5 Å². The zero-order chi connectivity index (χ0) is 16.3. The number of carbonyl (C=O) groups is 3. The van der Waals surface area contributed by atoms with Crippen molar-refractivity contribution >= 4 is 29.4 Å². The highest BCUT2D eigenvalue weighted by Gasteiger charge is 2.50. The lowest BCUT2D eigenvalue weighted by atomic mass is 9.92. The fourth-order valence-electron chi connectivity index (χ4n) is 2.28. The monoisotopic (exact) mass is 321 g/mol. The Morgan fingerprint density at radius 1 is 1.45 bits per heavy atom. The second-order valence-corrected chi connectivity index (χ2v) is 5.43. The van der Waals surface area contributed by atoms with E-state index in [1.807, 2.05) is 0 Å². The van der Waals surface area contributed by atoms with Gasteiger partial charge in [-0.15, -0.1) is 6.58 Å². The summed E-state index contributed by atoms with van der Waals surface area (Å²) >= 11 is 6.12. The second-order valence-electron chi connectivity index (χ2n) is 5.02. The van der Waals surface area contributed by atoms with Gasteiger partial charge < -0.3 is 10.6 Å². The van der Waals surface area contributed by atoms with Crippen molar-refractivity contribution in [1.29, 1.82) is 0 Å². The Hall–Kier alpha value is -2.34. The van der Waals surface area contributed by atoms with Gasteiger partial charge in [0.1, 0.15) is 12.1 Å². The van der Waals surface area contributed by atoms with Crippen molar-refractivity contribution in [1.82, 2.24) is 15.5 Å². The van der Waals surface area contributed by atoms with Gasteiger partial charge in [-0.2, -0.15) is 0 Å². The van der Waals surface area contributed by atoms with Gasteiger partial charge in [-0.05, 0) is 13.0 Å². The first-order valence-corrected chi connectivity index (χ1v) is 7.04. The maximum Gasteiger partial charge on any atom is 0.325 e. The van der Waals surface area contributed by atoms with Crippen molar-refractivity contribution in [3.63, 3.8) is 0 Å². The number of urea groups is 1. The fraction of sp³-hybridized carbons (Fsp3) is 0.267. The molecule has 0 spiro atoms. The minimum atomic E-state index is -1.28. The molecule has 2 rings (SSSR count). The van der Waals surface area contributed by atoms with Crippen molar-refractivity contribution in [2.75, 3.05) is 13.1 Å². The zero-order valence-corrected chi connectivity index (χ0v) is 12.8. The van der Waals surface area contributed by atoms with Crippen molar-refractivity contribution in [2.24, 2.45) is 0 Å². The molecule has 0 saturated carbocycles. The van der Waals surface area contributed by atoms with Crippen LogP contribution < -0.4 is 10.6 Å². The average Bonchev–Trinajstić information content (AvgIpc) is 2.70. The summed E-state index contributed by atoms with van der Waals surface area (Å²) in [5.74, 6) is -0.953. The number of nitrogens with one attached hydrogen (secondary N) is 2. The molecule has 4 amide bonds. The summed E-state index contributed by atoms with van der Waals surface area (Å²) in [4.78, 5) is 37.2. The van der Waals surface area contributed by atoms with E-state index in [0.29, 0.717) is 10.6 Å². The molecule has 1 atom stereocenters. The van der Waals surface area contributed by atoms with E-state index in [1.54, 1.807) is 31.2 Å². The van der Waals surface area contributed by atoms with Gasteiger partial charge in [0.05, 0.1) is 0 Å². The van der Waals surface area contributed by atoms with E-state index < -0.39 is 23.4 Å². The maximum absolute atomic E-state index is 12.6. The van der Waals surface area contributed by atoms with Crippen LogP contribution in [0, 0.1) is 0 Å². The first-order valence-electron chi connectivity index (χ1n) is 6.67. The smallest absolute Gasteiger partial charge is 0.325 e. The summed E-state index contributed by atoms with van der Waals surface area (Å²) in [6, 6.07) is 6.15. The third kappa shape index (κ3) is 2.82. The van der Waals surface area contributed by atoms with Gasteiger partial charge in [-0.25, -0.2) is 4.79 Å². The molecule has 1 aliphatic rings. The molecule has 0 bridgehead atoms. The zero-order valence-electron chi connectivity index (χ0n) is 12.1. The molecule has 116 valence electrons. The average molecular weight is 322 g/mol. The third-order valence-electron chi connectivity index (χ3n) is 3.43. The van der Waals surface area contributed by atoms with Gasteiger partial charge in [-0.1, -0.05) is 35.9 Å². The minimum Gasteiger partial charge on any atom is -0.351 e. The number of halogens is 1. The molecule has 22 heavy (non-hydrogen) atoms. The predicted molar refractivity (Wildman–Crippen MR) is 82.3 cm³/mol. The van der Waals surface area contributed by atoms with Crippen LogP contribution in [-0.4, -0.2) is 35.8 Å². The lowest BCUT2D eigenvalue weighted by Gasteiger charge is -2.23. The maximum atomic E-state index is 12.6. The van der Waals surface area contributed by atoms with Crippen LogP contribution in [0.1, 0.15) is 12.5 Å². The minimum absolute atomic E-state index is 0.268. The molecule has 1 aromatic carbocycles. The topological polar surface area (TPSA) is 78.5 Å². The quantitative estimate of drug-likeness (QED) is 0.636. The number of hydrogen-bond acceptors (Lipinski definition) is 3. The first-order chi connectivity index (χ1) is 10.4. The van der Waals surface area contributed by atoms with E-state index in [2.05, 4.69) is 17.2 Å². The van der Waals surface area contributed by atoms with E-state index in [4.69, 9.17) is 11.6 Å². The van der Waals surface area contributed by atoms with Crippen LogP contribution in [0.25, 0.3) is 0 Å². The second kappa shape index (κ2) is 6.19. The van der Waals surface area contributed by atoms with Crippen LogP contribution in [0.2, 0.25) is 5.02 Å². The van der Waals surface area contributed by atoms with Crippen LogP contribution in [-0.2, 0) is 15.1 Å². The SMILES string of the molecule is C=CCNC(=O)CN1C(=O)NC(C)(c2ccccc2Cl)C1=O. The van der Waals surface area contributed by atoms with Gasteiger partial charge >= 0.3 is 6.03 Å². The number of rotatable bonds is 5. The molecular weight excluding hydrogens is 306 g/mol. The number of benzene rings is 1. The Kier molecular flexibility index (Phi) is 4.51. The number of hydrogen-bond donors (Lipinski definition) is 2. The number of imide groups is 1. The number of amides is 4. The van der Waals surface area contributed by atoms with Crippen molar-refractivity contribution in [3.05, 3.63) is 47.5 Å². The van der Waals surface area contributed by atoms with E-state index >= 15 is 0 Å². The highest BCUT2D eigenvalue weighted by atomic mass is 35.5. The highest BCUT2D eigenvalue weighted by molar-refractivity contribution is 6.32. The molecule has 1 heterocycles. The lowest BCUT2D eigenvalue weighted by Crippen LogP contribution is -2.43. The third-order valence-corrected chi connectivity index (χ3v) is 3.76. The summed E-state index contributed by atoms with van der Waals surface area (Å²) in [6.07, 6.45) is 1.51. The molecule has 6 nitrogen and oxygen atoms in total. The van der Waals surface area contributed by atoms with Crippen LogP contribution in [0.5, 0.6) is 0 Å². The first kappa shape index (κ1) is 16.0. The molecule has 0 aliphatic carbocycles. The molecule has 0 radical (unpaired) electrons. The van der Waals surface area contributed by atoms with Gasteiger partial charge in [0.15, 0.2) is 0 Å². The number of nitrogens with zero attached hydrogens (tertiary/aromatic N) is 1. The van der Waals surface area contributed by atoms with Crippen molar-refractivity contribution in [2.45, 2.75) is 12.5 Å². The summed E-state index contributed by atoms with van der Waals surface area (Å²) in [7, 11) is 0. The highest BCUT2D eigenvalue weighted by Crippen LogP contribution is 2.33. The molecule has 1 saturated heterocycles. The van der Waals surface area contributed by atoms with E-state index in [0.717, 1.165) is 4.90 Å². The van der Waals surface area contributed by atoms with E-state index in [9.17, 15) is 14.4 Å². The van der Waals surface area contributed by atoms with Gasteiger partial charge in [0.25, 0.3) is 5.91 Å². The Morgan fingerprint density at radius 3 is 2.77 bits per heavy atom. The molecule has 0 aromatic heterocycles. The van der Waals surface area contributed by atoms with Crippen LogP contribution in [0.3, 0.4) is 0 Å². The van der Waals surface area contributed by atoms with Crippen molar-refractivity contribution in [3.8, 4) is 0 Å². The molecule has 1 aromatic rings. The van der Waals surface area contributed by atoms with E-state index in [-0.39, 0.29) is 13.1 Å². The molecule has 1 aliphatic heterocycles. The Bertz CT molecular complexity index is 647. The summed E-state index contributed by atoms with van der Waals surface area (Å²) < 4.78 is 0. The van der Waals surface area contributed by atoms with Crippen LogP contribution in [0.4, 0.5) is 4.79 Å². The Morgan fingerprint density at radius 2 is 2.14 bits per heavy atom. The number of carbonyl (C=O) groups excluding carboxylic acids is 3. The van der Waals surface area contributed by atoms with Crippen molar-refractivity contribution < 1.29 is 14.4 Å². The van der Waals surface area contributed by atoms with Crippen LogP contribution in [0.15, 0.2) is 36.9 Å². The molecule has 2 N–H and O–H groups in total. The standard InChI is InChI=1S/C15H16ClN3O3/c1-3-8-17-12(20)9-19-13(21)15(2,18-14(19)22)10-6-4-5-7-11(10)16/h3-7H,1,8-9H2,2H3,(H,17,20)(H,18,22). The summed E-state index contributed by atoms with van der Waals surface area (Å²) in [5, 5.41) is 5.50.